The summed E-state index contributed by atoms with van der Waals surface area (Å²) in [7, 11) is 0. The Labute approximate surface area is 204 Å². The number of aromatic nitrogens is 2. The van der Waals surface area contributed by atoms with Crippen molar-refractivity contribution in [2.24, 2.45) is 0 Å². The summed E-state index contributed by atoms with van der Waals surface area (Å²) in [4.78, 5) is 27.5. The number of aryl methyl sites for hydroxylation is 1. The van der Waals surface area contributed by atoms with Crippen molar-refractivity contribution in [1.82, 2.24) is 14.7 Å². The number of anilines is 1. The molecule has 1 aromatic heterocycles. The highest BCUT2D eigenvalue weighted by atomic mass is 19.1. The maximum Gasteiger partial charge on any atom is 0.410 e. The Hall–Kier alpha value is -3.68. The third-order valence-electron chi connectivity index (χ3n) is 5.95. The van der Waals surface area contributed by atoms with Crippen molar-refractivity contribution in [2.75, 3.05) is 18.4 Å². The van der Waals surface area contributed by atoms with Crippen LogP contribution in [0.15, 0.2) is 54.7 Å². The maximum atomic E-state index is 14.0. The number of piperidine rings is 1. The Morgan fingerprint density at radius 2 is 1.77 bits per heavy atom. The Bertz CT molecular complexity index is 1210. The molecular weight excluding hydrogens is 447 g/mol. The smallest absolute Gasteiger partial charge is 0.410 e. The lowest BCUT2D eigenvalue weighted by molar-refractivity contribution is 0.0203. The zero-order chi connectivity index (χ0) is 25.2. The van der Waals surface area contributed by atoms with E-state index in [1.807, 2.05) is 52.0 Å². The monoisotopic (exact) mass is 478 g/mol. The van der Waals surface area contributed by atoms with Crippen LogP contribution in [0.25, 0.3) is 5.69 Å². The number of benzene rings is 2. The summed E-state index contributed by atoms with van der Waals surface area (Å²) in [6.07, 6.45) is 2.45. The molecule has 0 aliphatic carbocycles. The lowest BCUT2D eigenvalue weighted by atomic mass is 9.90. The number of halogens is 1. The Morgan fingerprint density at radius 3 is 2.40 bits per heavy atom. The van der Waals surface area contributed by atoms with E-state index in [1.165, 1.54) is 18.3 Å². The Kier molecular flexibility index (Phi) is 6.91. The van der Waals surface area contributed by atoms with E-state index in [1.54, 1.807) is 21.7 Å². The van der Waals surface area contributed by atoms with Gasteiger partial charge in [-0.25, -0.2) is 13.9 Å². The minimum absolute atomic E-state index is 0.0433. The third kappa shape index (κ3) is 5.88. The molecule has 2 heterocycles. The number of carbonyl (C=O) groups is 2. The largest absolute Gasteiger partial charge is 0.444 e. The van der Waals surface area contributed by atoms with Gasteiger partial charge in [0.1, 0.15) is 11.4 Å². The van der Waals surface area contributed by atoms with Crippen LogP contribution in [-0.2, 0) is 4.74 Å². The fourth-order valence-electron chi connectivity index (χ4n) is 4.24. The molecule has 8 heteroatoms. The highest BCUT2D eigenvalue weighted by molar-refractivity contribution is 6.05. The molecule has 0 bridgehead atoms. The van der Waals surface area contributed by atoms with Gasteiger partial charge in [-0.15, -0.1) is 0 Å². The molecule has 0 saturated carbocycles. The quantitative estimate of drug-likeness (QED) is 0.523. The van der Waals surface area contributed by atoms with Crippen LogP contribution in [0.2, 0.25) is 0 Å². The molecule has 4 rings (SSSR count). The Morgan fingerprint density at radius 1 is 1.09 bits per heavy atom. The number of amides is 2. The first-order valence-corrected chi connectivity index (χ1v) is 11.8. The van der Waals surface area contributed by atoms with Crippen LogP contribution in [0.5, 0.6) is 0 Å². The van der Waals surface area contributed by atoms with Crippen molar-refractivity contribution < 1.29 is 18.7 Å². The number of nitrogens with one attached hydrogen (secondary N) is 1. The van der Waals surface area contributed by atoms with Gasteiger partial charge in [0.25, 0.3) is 5.91 Å². The van der Waals surface area contributed by atoms with Gasteiger partial charge in [-0.3, -0.25) is 4.79 Å². The summed E-state index contributed by atoms with van der Waals surface area (Å²) >= 11 is 0. The summed E-state index contributed by atoms with van der Waals surface area (Å²) < 4.78 is 21.2. The van der Waals surface area contributed by atoms with Gasteiger partial charge in [0, 0.05) is 24.7 Å². The average Bonchev–Trinajstić information content (AvgIpc) is 3.25. The standard InChI is InChI=1S/C27H31FN4O3/c1-18-8-10-21(11-9-18)30-25(33)23-17-29-32(22-7-5-6-20(28)16-22)24(23)19-12-14-31(15-13-19)26(34)35-27(2,3)4/h5-11,16-17,19H,12-15H2,1-4H3,(H,30,33). The maximum absolute atomic E-state index is 14.0. The zero-order valence-electron chi connectivity index (χ0n) is 20.5. The molecule has 0 spiro atoms. The van der Waals surface area contributed by atoms with Crippen LogP contribution in [-0.4, -0.2) is 45.4 Å². The predicted molar refractivity (Wildman–Crippen MR) is 132 cm³/mol. The number of carbonyl (C=O) groups excluding carboxylic acids is 2. The molecular formula is C27H31FN4O3. The second-order valence-corrected chi connectivity index (χ2v) is 9.90. The lowest BCUT2D eigenvalue weighted by Gasteiger charge is -2.34. The first kappa shape index (κ1) is 24.4. The summed E-state index contributed by atoms with van der Waals surface area (Å²) in [5.41, 5.74) is 2.91. The molecule has 2 aromatic carbocycles. The van der Waals surface area contributed by atoms with Crippen molar-refractivity contribution in [3.63, 3.8) is 0 Å². The second-order valence-electron chi connectivity index (χ2n) is 9.90. The van der Waals surface area contributed by atoms with E-state index in [4.69, 9.17) is 4.74 Å². The van der Waals surface area contributed by atoms with E-state index >= 15 is 0 Å². The van der Waals surface area contributed by atoms with E-state index < -0.39 is 5.60 Å². The summed E-state index contributed by atoms with van der Waals surface area (Å²) in [5.74, 6) is -0.700. The van der Waals surface area contributed by atoms with E-state index in [2.05, 4.69) is 10.4 Å². The van der Waals surface area contributed by atoms with Gasteiger partial charge >= 0.3 is 6.09 Å². The number of rotatable bonds is 4. The van der Waals surface area contributed by atoms with Gasteiger partial charge in [-0.2, -0.15) is 5.10 Å². The normalized spacial score (nSPS) is 14.6. The van der Waals surface area contributed by atoms with Gasteiger partial charge in [-0.05, 0) is 70.9 Å². The van der Waals surface area contributed by atoms with Crippen LogP contribution < -0.4 is 5.32 Å². The first-order valence-electron chi connectivity index (χ1n) is 11.8. The zero-order valence-corrected chi connectivity index (χ0v) is 20.5. The van der Waals surface area contributed by atoms with E-state index in [-0.39, 0.29) is 23.7 Å². The molecule has 3 aromatic rings. The summed E-state index contributed by atoms with van der Waals surface area (Å²) in [6, 6.07) is 13.7. The molecule has 1 aliphatic heterocycles. The molecule has 2 amide bonds. The third-order valence-corrected chi connectivity index (χ3v) is 5.95. The fourth-order valence-corrected chi connectivity index (χ4v) is 4.24. The number of hydrogen-bond acceptors (Lipinski definition) is 4. The molecule has 184 valence electrons. The topological polar surface area (TPSA) is 76.5 Å². The SMILES string of the molecule is Cc1ccc(NC(=O)c2cnn(-c3cccc(F)c3)c2C2CCN(C(=O)OC(C)(C)C)CC2)cc1. The first-order chi connectivity index (χ1) is 16.6. The molecule has 1 saturated heterocycles. The molecule has 35 heavy (non-hydrogen) atoms. The average molecular weight is 479 g/mol. The van der Waals surface area contributed by atoms with Crippen molar-refractivity contribution in [3.8, 4) is 5.69 Å². The molecule has 0 atom stereocenters. The van der Waals surface area contributed by atoms with E-state index in [0.717, 1.165) is 5.56 Å². The minimum Gasteiger partial charge on any atom is -0.444 e. The predicted octanol–water partition coefficient (Wildman–Crippen LogP) is 5.69. The number of hydrogen-bond donors (Lipinski definition) is 1. The number of nitrogens with zero attached hydrogens (tertiary/aromatic N) is 3. The highest BCUT2D eigenvalue weighted by Crippen LogP contribution is 2.33. The van der Waals surface area contributed by atoms with Crippen LogP contribution in [0.3, 0.4) is 0 Å². The Balaban J connectivity index is 1.61. The van der Waals surface area contributed by atoms with Gasteiger partial charge in [-0.1, -0.05) is 23.8 Å². The van der Waals surface area contributed by atoms with Gasteiger partial charge in [0.15, 0.2) is 0 Å². The second kappa shape index (κ2) is 9.90. The van der Waals surface area contributed by atoms with Crippen molar-refractivity contribution in [3.05, 3.63) is 77.4 Å². The number of ether oxygens (including phenoxy) is 1. The molecule has 1 aliphatic rings. The molecule has 7 nitrogen and oxygen atoms in total. The van der Waals surface area contributed by atoms with E-state index in [0.29, 0.717) is 48.6 Å². The van der Waals surface area contributed by atoms with Crippen LogP contribution in [0.4, 0.5) is 14.9 Å². The highest BCUT2D eigenvalue weighted by Gasteiger charge is 2.32. The van der Waals surface area contributed by atoms with Crippen molar-refractivity contribution in [2.45, 2.75) is 52.1 Å². The van der Waals surface area contributed by atoms with Gasteiger partial charge in [0.05, 0.1) is 23.1 Å². The van der Waals surface area contributed by atoms with Crippen LogP contribution in [0, 0.1) is 12.7 Å². The van der Waals surface area contributed by atoms with Crippen LogP contribution in [0.1, 0.15) is 61.1 Å². The number of likely N-dealkylation sites (tertiary alicyclic amines) is 1. The summed E-state index contributed by atoms with van der Waals surface area (Å²) in [5, 5.41) is 7.41. The van der Waals surface area contributed by atoms with Crippen molar-refractivity contribution in [1.29, 1.82) is 0 Å². The molecule has 0 unspecified atom stereocenters. The van der Waals surface area contributed by atoms with Gasteiger partial charge < -0.3 is 15.0 Å². The fraction of sp³-hybridized carbons (Fsp3) is 0.370. The molecule has 0 radical (unpaired) electrons. The van der Waals surface area contributed by atoms with Crippen molar-refractivity contribution >= 4 is 17.7 Å². The summed E-state index contributed by atoms with van der Waals surface area (Å²) in [6.45, 7) is 8.49. The lowest BCUT2D eigenvalue weighted by Crippen LogP contribution is -2.41. The molecule has 1 fully saturated rings. The molecule has 1 N–H and O–H groups in total. The van der Waals surface area contributed by atoms with Gasteiger partial charge in [0.2, 0.25) is 0 Å². The van der Waals surface area contributed by atoms with Crippen LogP contribution >= 0.6 is 0 Å². The minimum atomic E-state index is -0.564. The van der Waals surface area contributed by atoms with E-state index in [9.17, 15) is 14.0 Å².